The van der Waals surface area contributed by atoms with Gasteiger partial charge >= 0.3 is 0 Å². The fourth-order valence-corrected chi connectivity index (χ4v) is 3.37. The number of aryl methyl sites for hydroxylation is 1. The van der Waals surface area contributed by atoms with Gasteiger partial charge < -0.3 is 4.90 Å². The molecule has 0 radical (unpaired) electrons. The summed E-state index contributed by atoms with van der Waals surface area (Å²) in [4.78, 5) is 19.0. The predicted molar refractivity (Wildman–Crippen MR) is 101 cm³/mol. The van der Waals surface area contributed by atoms with Crippen molar-refractivity contribution >= 4 is 17.4 Å². The van der Waals surface area contributed by atoms with Gasteiger partial charge in [0.1, 0.15) is 0 Å². The first-order valence-electron chi connectivity index (χ1n) is 8.73. The molecule has 2 heterocycles. The Labute approximate surface area is 149 Å². The van der Waals surface area contributed by atoms with Crippen LogP contribution in [0.4, 0.5) is 11.5 Å². The number of rotatable bonds is 5. The van der Waals surface area contributed by atoms with Crippen molar-refractivity contribution in [1.82, 2.24) is 14.7 Å². The summed E-state index contributed by atoms with van der Waals surface area (Å²) in [6.07, 6.45) is 3.77. The van der Waals surface area contributed by atoms with Crippen molar-refractivity contribution in [1.29, 1.82) is 0 Å². The third-order valence-electron chi connectivity index (χ3n) is 4.78. The molecule has 6 nitrogen and oxygen atoms in total. The van der Waals surface area contributed by atoms with E-state index in [1.54, 1.807) is 4.68 Å². The molecule has 25 heavy (non-hydrogen) atoms. The van der Waals surface area contributed by atoms with Crippen LogP contribution in [0.5, 0.6) is 0 Å². The summed E-state index contributed by atoms with van der Waals surface area (Å²) in [6, 6.07) is 10.3. The number of benzene rings is 1. The predicted octanol–water partition coefficient (Wildman–Crippen LogP) is 2.11. The Morgan fingerprint density at radius 3 is 2.72 bits per heavy atom. The van der Waals surface area contributed by atoms with Gasteiger partial charge in [-0.05, 0) is 37.6 Å². The molecule has 2 aromatic rings. The summed E-state index contributed by atoms with van der Waals surface area (Å²) < 4.78 is 1.74. The largest absolute Gasteiger partial charge is 0.378 e. The second-order valence-electron chi connectivity index (χ2n) is 6.97. The van der Waals surface area contributed by atoms with Crippen LogP contribution in [0.1, 0.15) is 18.4 Å². The Bertz CT molecular complexity index is 739. The fraction of sp³-hybridized carbons (Fsp3) is 0.474. The molecule has 134 valence electrons. The molecule has 0 saturated carbocycles. The molecular formula is C19H27N5O. The maximum Gasteiger partial charge on any atom is 0.245 e. The standard InChI is InChI=1S/C19H27N5O/c1-21(2)16-8-5-7-15(13-16)14-22(3)17-9-6-11-24(19(17)25)18-10-12-23(4)20-18/h5,7-8,10,12-13,17H,6,9,11,14H2,1-4H3/t17-/m0/s1. The zero-order valence-electron chi connectivity index (χ0n) is 15.5. The molecule has 1 aliphatic heterocycles. The Kier molecular flexibility index (Phi) is 5.08. The summed E-state index contributed by atoms with van der Waals surface area (Å²) in [5.74, 6) is 0.899. The molecule has 1 aromatic carbocycles. The Morgan fingerprint density at radius 1 is 1.24 bits per heavy atom. The van der Waals surface area contributed by atoms with Gasteiger partial charge in [-0.2, -0.15) is 5.10 Å². The van der Waals surface area contributed by atoms with Crippen LogP contribution in [-0.4, -0.2) is 54.3 Å². The van der Waals surface area contributed by atoms with Crippen molar-refractivity contribution in [2.24, 2.45) is 7.05 Å². The molecule has 1 aliphatic rings. The number of aromatic nitrogens is 2. The average Bonchev–Trinajstić information content (AvgIpc) is 3.01. The van der Waals surface area contributed by atoms with Gasteiger partial charge in [0, 0.05) is 52.2 Å². The number of anilines is 2. The number of likely N-dealkylation sites (N-methyl/N-ethyl adjacent to an activating group) is 1. The number of carbonyl (C=O) groups is 1. The summed E-state index contributed by atoms with van der Waals surface area (Å²) in [6.45, 7) is 1.50. The van der Waals surface area contributed by atoms with Crippen molar-refractivity contribution in [3.8, 4) is 0 Å². The molecule has 1 saturated heterocycles. The molecule has 0 aliphatic carbocycles. The number of amides is 1. The highest BCUT2D eigenvalue weighted by Gasteiger charge is 2.33. The highest BCUT2D eigenvalue weighted by Crippen LogP contribution is 2.23. The van der Waals surface area contributed by atoms with Crippen molar-refractivity contribution < 1.29 is 4.79 Å². The minimum atomic E-state index is -0.0984. The van der Waals surface area contributed by atoms with Gasteiger partial charge in [0.2, 0.25) is 5.91 Å². The van der Waals surface area contributed by atoms with Gasteiger partial charge in [-0.25, -0.2) is 0 Å². The first-order chi connectivity index (χ1) is 12.0. The zero-order chi connectivity index (χ0) is 18.0. The van der Waals surface area contributed by atoms with Crippen LogP contribution in [0.3, 0.4) is 0 Å². The van der Waals surface area contributed by atoms with E-state index in [2.05, 4.69) is 39.2 Å². The fourth-order valence-electron chi connectivity index (χ4n) is 3.37. The lowest BCUT2D eigenvalue weighted by atomic mass is 10.0. The van der Waals surface area contributed by atoms with Gasteiger partial charge in [0.05, 0.1) is 6.04 Å². The molecular weight excluding hydrogens is 314 g/mol. The molecule has 1 aromatic heterocycles. The topological polar surface area (TPSA) is 44.6 Å². The third kappa shape index (κ3) is 3.85. The average molecular weight is 341 g/mol. The number of hydrogen-bond donors (Lipinski definition) is 0. The smallest absolute Gasteiger partial charge is 0.245 e. The highest BCUT2D eigenvalue weighted by molar-refractivity contribution is 5.97. The molecule has 1 atom stereocenters. The highest BCUT2D eigenvalue weighted by atomic mass is 16.2. The van der Waals surface area contributed by atoms with Gasteiger partial charge in [-0.3, -0.25) is 19.3 Å². The number of hydrogen-bond acceptors (Lipinski definition) is 4. The van der Waals surface area contributed by atoms with Crippen molar-refractivity contribution in [3.63, 3.8) is 0 Å². The molecule has 1 fully saturated rings. The minimum absolute atomic E-state index is 0.0984. The molecule has 0 bridgehead atoms. The van der Waals surface area contributed by atoms with E-state index < -0.39 is 0 Å². The normalized spacial score (nSPS) is 18.0. The quantitative estimate of drug-likeness (QED) is 0.836. The van der Waals surface area contributed by atoms with Gasteiger partial charge in [0.15, 0.2) is 5.82 Å². The van der Waals surface area contributed by atoms with Gasteiger partial charge in [0.25, 0.3) is 0 Å². The van der Waals surface area contributed by atoms with Crippen LogP contribution in [0.2, 0.25) is 0 Å². The van der Waals surface area contributed by atoms with Crippen molar-refractivity contribution in [3.05, 3.63) is 42.1 Å². The summed E-state index contributed by atoms with van der Waals surface area (Å²) in [5.41, 5.74) is 2.40. The third-order valence-corrected chi connectivity index (χ3v) is 4.78. The van der Waals surface area contributed by atoms with Crippen LogP contribution in [0, 0.1) is 0 Å². The number of carbonyl (C=O) groups excluding carboxylic acids is 1. The van der Waals surface area contributed by atoms with E-state index in [0.29, 0.717) is 0 Å². The number of piperidine rings is 1. The monoisotopic (exact) mass is 341 g/mol. The maximum atomic E-state index is 13.0. The summed E-state index contributed by atoms with van der Waals surface area (Å²) in [7, 11) is 7.99. The van der Waals surface area contributed by atoms with Gasteiger partial charge in [-0.15, -0.1) is 0 Å². The molecule has 6 heteroatoms. The molecule has 0 N–H and O–H groups in total. The van der Waals surface area contributed by atoms with E-state index in [9.17, 15) is 4.79 Å². The van der Waals surface area contributed by atoms with E-state index in [1.165, 1.54) is 11.3 Å². The lowest BCUT2D eigenvalue weighted by Gasteiger charge is -2.36. The second kappa shape index (κ2) is 7.27. The molecule has 0 unspecified atom stereocenters. The second-order valence-corrected chi connectivity index (χ2v) is 6.97. The van der Waals surface area contributed by atoms with E-state index >= 15 is 0 Å². The Morgan fingerprint density at radius 2 is 2.04 bits per heavy atom. The van der Waals surface area contributed by atoms with Crippen LogP contribution < -0.4 is 9.80 Å². The van der Waals surface area contributed by atoms with E-state index in [0.717, 1.165) is 31.7 Å². The lowest BCUT2D eigenvalue weighted by Crippen LogP contribution is -2.51. The van der Waals surface area contributed by atoms with Crippen molar-refractivity contribution in [2.45, 2.75) is 25.4 Å². The van der Waals surface area contributed by atoms with Gasteiger partial charge in [-0.1, -0.05) is 12.1 Å². The lowest BCUT2D eigenvalue weighted by molar-refractivity contribution is -0.125. The molecule has 3 rings (SSSR count). The van der Waals surface area contributed by atoms with E-state index in [4.69, 9.17) is 0 Å². The van der Waals surface area contributed by atoms with Crippen LogP contribution in [-0.2, 0) is 18.4 Å². The first kappa shape index (κ1) is 17.5. The zero-order valence-corrected chi connectivity index (χ0v) is 15.5. The Balaban J connectivity index is 1.72. The minimum Gasteiger partial charge on any atom is -0.378 e. The van der Waals surface area contributed by atoms with Crippen LogP contribution >= 0.6 is 0 Å². The van der Waals surface area contributed by atoms with E-state index in [1.807, 2.05) is 45.4 Å². The maximum absolute atomic E-state index is 13.0. The summed E-state index contributed by atoms with van der Waals surface area (Å²) in [5, 5.41) is 4.39. The van der Waals surface area contributed by atoms with Crippen LogP contribution in [0.25, 0.3) is 0 Å². The van der Waals surface area contributed by atoms with Crippen LogP contribution in [0.15, 0.2) is 36.5 Å². The Hall–Kier alpha value is -2.34. The summed E-state index contributed by atoms with van der Waals surface area (Å²) >= 11 is 0. The first-order valence-corrected chi connectivity index (χ1v) is 8.73. The molecule has 1 amide bonds. The van der Waals surface area contributed by atoms with E-state index in [-0.39, 0.29) is 11.9 Å². The SMILES string of the molecule is CN(C)c1cccc(CN(C)[C@H]2CCCN(c3ccn(C)n3)C2=O)c1. The molecule has 0 spiro atoms. The number of nitrogens with zero attached hydrogens (tertiary/aromatic N) is 5. The van der Waals surface area contributed by atoms with Crippen molar-refractivity contribution in [2.75, 3.05) is 37.5 Å².